The normalized spacial score (nSPS) is 22.8. The molecule has 5 heterocycles. The van der Waals surface area contributed by atoms with Gasteiger partial charge in [-0.05, 0) is 25.8 Å². The van der Waals surface area contributed by atoms with Crippen LogP contribution in [0.15, 0.2) is 22.2 Å². The number of aromatic amines is 1. The lowest BCUT2D eigenvalue weighted by atomic mass is 9.73. The maximum absolute atomic E-state index is 10.0. The lowest BCUT2D eigenvalue weighted by Gasteiger charge is -2.41. The quantitative estimate of drug-likeness (QED) is 0.439. The Morgan fingerprint density at radius 3 is 2.84 bits per heavy atom. The van der Waals surface area contributed by atoms with Gasteiger partial charge < -0.3 is 26.2 Å². The summed E-state index contributed by atoms with van der Waals surface area (Å²) in [7, 11) is 0. The van der Waals surface area contributed by atoms with Crippen LogP contribution in [0.3, 0.4) is 0 Å². The van der Waals surface area contributed by atoms with Crippen molar-refractivity contribution in [2.45, 2.75) is 48.4 Å². The predicted octanol–water partition coefficient (Wildman–Crippen LogP) is 1.96. The van der Waals surface area contributed by atoms with Gasteiger partial charge in [0, 0.05) is 35.6 Å². The number of fused-ring (bicyclic) bond motifs is 1. The first-order valence-electron chi connectivity index (χ1n) is 10.5. The smallest absolute Gasteiger partial charge is 0.177 e. The highest BCUT2D eigenvalue weighted by Gasteiger charge is 2.47. The first kappa shape index (κ1) is 21.7. The number of hydrogen-bond donors (Lipinski definition) is 4. The van der Waals surface area contributed by atoms with Gasteiger partial charge in [0.1, 0.15) is 17.0 Å². The second-order valence-corrected chi connectivity index (χ2v) is 9.79. The van der Waals surface area contributed by atoms with E-state index in [0.29, 0.717) is 39.3 Å². The Morgan fingerprint density at radius 1 is 1.38 bits per heavy atom. The molecule has 2 aliphatic heterocycles. The van der Waals surface area contributed by atoms with Gasteiger partial charge in [-0.2, -0.15) is 5.10 Å². The molecule has 32 heavy (non-hydrogen) atoms. The van der Waals surface area contributed by atoms with Gasteiger partial charge in [-0.1, -0.05) is 23.4 Å². The largest absolute Gasteiger partial charge is 0.390 e. The third-order valence-corrected chi connectivity index (χ3v) is 8.10. The molecule has 3 aromatic rings. The molecule has 170 valence electrons. The summed E-state index contributed by atoms with van der Waals surface area (Å²) in [6.45, 7) is 4.06. The van der Waals surface area contributed by atoms with Gasteiger partial charge in [-0.3, -0.25) is 5.10 Å². The van der Waals surface area contributed by atoms with E-state index in [0.717, 1.165) is 30.8 Å². The zero-order valence-corrected chi connectivity index (χ0v) is 19.2. The number of aliphatic hydroxyl groups excluding tert-OH is 1. The van der Waals surface area contributed by atoms with E-state index in [1.807, 2.05) is 6.92 Å². The molecule has 0 aliphatic carbocycles. The summed E-state index contributed by atoms with van der Waals surface area (Å²) in [4.78, 5) is 16.3. The van der Waals surface area contributed by atoms with Gasteiger partial charge in [0.2, 0.25) is 0 Å². The van der Waals surface area contributed by atoms with Gasteiger partial charge in [0.05, 0.1) is 24.3 Å². The van der Waals surface area contributed by atoms with Crippen LogP contribution in [0.2, 0.25) is 5.02 Å². The van der Waals surface area contributed by atoms with E-state index in [1.54, 1.807) is 12.3 Å². The third-order valence-electron chi connectivity index (χ3n) is 6.56. The van der Waals surface area contributed by atoms with Crippen LogP contribution in [0.1, 0.15) is 25.5 Å². The Hall–Kier alpha value is -2.18. The number of rotatable bonds is 4. The van der Waals surface area contributed by atoms with Gasteiger partial charge in [0.15, 0.2) is 16.5 Å². The van der Waals surface area contributed by atoms with E-state index >= 15 is 0 Å². The molecule has 2 atom stereocenters. The average molecular weight is 477 g/mol. The van der Waals surface area contributed by atoms with Crippen LogP contribution in [0, 0.1) is 5.41 Å². The van der Waals surface area contributed by atoms with E-state index in [2.05, 4.69) is 25.1 Å². The molecule has 0 saturated carbocycles. The van der Waals surface area contributed by atoms with Crippen molar-refractivity contribution < 1.29 is 9.84 Å². The Bertz CT molecular complexity index is 1150. The highest BCUT2D eigenvalue weighted by atomic mass is 35.5. The lowest BCUT2D eigenvalue weighted by Crippen LogP contribution is -2.51. The predicted molar refractivity (Wildman–Crippen MR) is 123 cm³/mol. The first-order chi connectivity index (χ1) is 15.4. The number of nitrogens with one attached hydrogen (secondary N) is 1. The molecule has 2 fully saturated rings. The number of hydrogen-bond acceptors (Lipinski definition) is 10. The maximum Gasteiger partial charge on any atom is 0.177 e. The Kier molecular flexibility index (Phi) is 5.62. The van der Waals surface area contributed by atoms with Crippen LogP contribution in [0.4, 0.5) is 11.6 Å². The number of nitrogen functional groups attached to an aromatic ring is 1. The van der Waals surface area contributed by atoms with E-state index in [9.17, 15) is 5.11 Å². The zero-order valence-electron chi connectivity index (χ0n) is 17.6. The molecule has 0 aromatic carbocycles. The number of pyridine rings is 1. The average Bonchev–Trinajstić information content (AvgIpc) is 3.32. The van der Waals surface area contributed by atoms with Crippen molar-refractivity contribution in [1.82, 2.24) is 25.1 Å². The monoisotopic (exact) mass is 476 g/mol. The molecule has 12 heteroatoms. The van der Waals surface area contributed by atoms with Gasteiger partial charge in [0.25, 0.3) is 0 Å². The van der Waals surface area contributed by atoms with Crippen molar-refractivity contribution in [3.8, 4) is 0 Å². The zero-order chi connectivity index (χ0) is 22.5. The number of nitrogens with zero attached hydrogens (tertiary/aromatic N) is 5. The molecule has 2 aliphatic rings. The molecule has 0 amide bonds. The fourth-order valence-electron chi connectivity index (χ4n) is 4.54. The van der Waals surface area contributed by atoms with Crippen LogP contribution >= 0.6 is 23.4 Å². The van der Waals surface area contributed by atoms with Crippen LogP contribution in [-0.2, 0) is 11.3 Å². The minimum atomic E-state index is -0.224. The highest BCUT2D eigenvalue weighted by Crippen LogP contribution is 2.42. The number of aromatic nitrogens is 5. The molecule has 10 nitrogen and oxygen atoms in total. The summed E-state index contributed by atoms with van der Waals surface area (Å²) in [5.41, 5.74) is 13.9. The summed E-state index contributed by atoms with van der Waals surface area (Å²) in [5.74, 6) is 0.923. The highest BCUT2D eigenvalue weighted by molar-refractivity contribution is 7.99. The standard InChI is InChI=1S/C20H25ClN8O2S/c1-10-15(22)20(9-31-10)3-6-29(7-4-20)18-11(8-30)25-14-17(26-18)27-28-19(14)32-12-2-5-24-16(23)13(12)21/h2,5,10,15,30H,3-4,6-9,22H2,1H3,(H2,23,24)(H,26,27,28)/t10-,15+/m0/s1. The number of ether oxygens (including phenoxy) is 1. The molecular weight excluding hydrogens is 452 g/mol. The molecule has 0 radical (unpaired) electrons. The van der Waals surface area contributed by atoms with Crippen molar-refractivity contribution in [3.63, 3.8) is 0 Å². The molecule has 0 unspecified atom stereocenters. The number of halogens is 1. The summed E-state index contributed by atoms with van der Waals surface area (Å²) in [5, 5.41) is 18.3. The number of anilines is 2. The summed E-state index contributed by atoms with van der Waals surface area (Å²) in [6, 6.07) is 1.80. The van der Waals surface area contributed by atoms with Crippen LogP contribution in [0.25, 0.3) is 11.2 Å². The molecule has 1 spiro atoms. The molecule has 6 N–H and O–H groups in total. The number of piperidine rings is 1. The van der Waals surface area contributed by atoms with Gasteiger partial charge >= 0.3 is 0 Å². The minimum absolute atomic E-state index is 0.0102. The number of H-pyrrole nitrogens is 1. The first-order valence-corrected chi connectivity index (χ1v) is 11.7. The van der Waals surface area contributed by atoms with E-state index in [-0.39, 0.29) is 30.0 Å². The van der Waals surface area contributed by atoms with Crippen molar-refractivity contribution >= 4 is 46.2 Å². The SMILES string of the molecule is C[C@@H]1OCC2(CCN(c3nc4[nH]nc(Sc5ccnc(N)c5Cl)c4nc3CO)CC2)[C@@H]1N. The van der Waals surface area contributed by atoms with E-state index in [4.69, 9.17) is 32.8 Å². The lowest BCUT2D eigenvalue weighted by molar-refractivity contribution is 0.0973. The Labute approximate surface area is 194 Å². The van der Waals surface area contributed by atoms with Gasteiger partial charge in [-0.25, -0.2) is 15.0 Å². The second kappa shape index (κ2) is 8.31. The van der Waals surface area contributed by atoms with Crippen molar-refractivity contribution in [2.75, 3.05) is 30.3 Å². The van der Waals surface area contributed by atoms with Crippen molar-refractivity contribution in [1.29, 1.82) is 0 Å². The van der Waals surface area contributed by atoms with Gasteiger partial charge in [-0.15, -0.1) is 0 Å². The molecule has 3 aromatic heterocycles. The van der Waals surface area contributed by atoms with Crippen LogP contribution in [0.5, 0.6) is 0 Å². The molecule has 5 rings (SSSR count). The Balaban J connectivity index is 1.41. The topological polar surface area (TPSA) is 152 Å². The maximum atomic E-state index is 10.0. The van der Waals surface area contributed by atoms with Crippen molar-refractivity contribution in [3.05, 3.63) is 23.0 Å². The molecule has 2 saturated heterocycles. The Morgan fingerprint density at radius 2 is 2.16 bits per heavy atom. The van der Waals surface area contributed by atoms with Crippen molar-refractivity contribution in [2.24, 2.45) is 11.1 Å². The second-order valence-electron chi connectivity index (χ2n) is 8.38. The molecule has 0 bridgehead atoms. The summed E-state index contributed by atoms with van der Waals surface area (Å²) < 4.78 is 5.82. The summed E-state index contributed by atoms with van der Waals surface area (Å²) in [6.07, 6.45) is 3.49. The van der Waals surface area contributed by atoms with E-state index < -0.39 is 0 Å². The van der Waals surface area contributed by atoms with E-state index in [1.165, 1.54) is 11.8 Å². The molecular formula is C20H25ClN8O2S. The third kappa shape index (κ3) is 3.57. The fourth-order valence-corrected chi connectivity index (χ4v) is 5.63. The van der Waals surface area contributed by atoms with Crippen LogP contribution in [-0.4, -0.2) is 62.1 Å². The fraction of sp³-hybridized carbons (Fsp3) is 0.500. The van der Waals surface area contributed by atoms with Crippen LogP contribution < -0.4 is 16.4 Å². The summed E-state index contributed by atoms with van der Waals surface area (Å²) >= 11 is 7.59. The number of aliphatic hydroxyl groups is 1. The number of nitrogens with two attached hydrogens (primary N) is 2. The minimum Gasteiger partial charge on any atom is -0.390 e.